The van der Waals surface area contributed by atoms with Gasteiger partial charge in [-0.25, -0.2) is 15.4 Å². The molecule has 0 radical (unpaired) electrons. The van der Waals surface area contributed by atoms with Crippen LogP contribution in [0.3, 0.4) is 0 Å². The van der Waals surface area contributed by atoms with Gasteiger partial charge in [-0.3, -0.25) is 0 Å². The summed E-state index contributed by atoms with van der Waals surface area (Å²) in [5.41, 5.74) is 6.06. The summed E-state index contributed by atoms with van der Waals surface area (Å²) in [6.45, 7) is 7.15. The van der Waals surface area contributed by atoms with Crippen molar-refractivity contribution in [1.29, 1.82) is 0 Å². The van der Waals surface area contributed by atoms with Gasteiger partial charge < -0.3 is 9.47 Å². The number of benzene rings is 2. The molecule has 5 rings (SSSR count). The number of ether oxygens (including phenoxy) is 2. The molecule has 2 aromatic rings. The second kappa shape index (κ2) is 5.89. The van der Waals surface area contributed by atoms with Crippen molar-refractivity contribution < 1.29 is 9.47 Å². The Bertz CT molecular complexity index is 897. The maximum Gasteiger partial charge on any atom is 0.298 e. The molecule has 2 saturated heterocycles. The van der Waals surface area contributed by atoms with E-state index in [1.54, 1.807) is 0 Å². The van der Waals surface area contributed by atoms with Gasteiger partial charge in [0.05, 0.1) is 17.8 Å². The number of para-hydroxylation sites is 1. The van der Waals surface area contributed by atoms with Crippen molar-refractivity contribution in [3.63, 3.8) is 0 Å². The van der Waals surface area contributed by atoms with Crippen LogP contribution in [0.2, 0.25) is 0 Å². The molecule has 140 valence electrons. The van der Waals surface area contributed by atoms with Crippen molar-refractivity contribution in [3.05, 3.63) is 65.7 Å². The molecule has 5 nitrogen and oxygen atoms in total. The number of fused-ring (bicyclic) bond motifs is 2. The number of nitrogens with one attached hydrogen (secondary N) is 1. The molecule has 0 saturated carbocycles. The van der Waals surface area contributed by atoms with Crippen LogP contribution >= 0.6 is 0 Å². The molecule has 1 spiro atoms. The van der Waals surface area contributed by atoms with Gasteiger partial charge in [-0.1, -0.05) is 63.2 Å². The SMILES string of the molecule is CCC1=Nc2ccccc2[C@]23OC(C(C)C)[C@](c4ccccc4)(CNN12)O3. The maximum absolute atomic E-state index is 6.96. The highest BCUT2D eigenvalue weighted by Crippen LogP contribution is 2.56. The average molecular weight is 363 g/mol. The summed E-state index contributed by atoms with van der Waals surface area (Å²) < 4.78 is 13.8. The number of amidine groups is 1. The van der Waals surface area contributed by atoms with Crippen molar-refractivity contribution in [2.75, 3.05) is 6.54 Å². The third-order valence-electron chi connectivity index (χ3n) is 5.80. The van der Waals surface area contributed by atoms with Gasteiger partial charge >= 0.3 is 0 Å². The number of rotatable bonds is 3. The highest BCUT2D eigenvalue weighted by Gasteiger charge is 2.67. The Morgan fingerprint density at radius 1 is 1.15 bits per heavy atom. The first kappa shape index (κ1) is 16.9. The fourth-order valence-corrected chi connectivity index (χ4v) is 4.62. The van der Waals surface area contributed by atoms with Crippen molar-refractivity contribution in [2.45, 2.75) is 44.8 Å². The predicted octanol–water partition coefficient (Wildman–Crippen LogP) is 4.04. The van der Waals surface area contributed by atoms with Gasteiger partial charge in [0, 0.05) is 6.42 Å². The summed E-state index contributed by atoms with van der Waals surface area (Å²) in [6, 6.07) is 18.6. The summed E-state index contributed by atoms with van der Waals surface area (Å²) in [4.78, 5) is 4.85. The highest BCUT2D eigenvalue weighted by atomic mass is 16.8. The monoisotopic (exact) mass is 363 g/mol. The second-order valence-electron chi connectivity index (χ2n) is 7.79. The van der Waals surface area contributed by atoms with Gasteiger partial charge in [0.25, 0.3) is 5.91 Å². The minimum absolute atomic E-state index is 0.0818. The number of aliphatic imine (C=N–C) groups is 1. The van der Waals surface area contributed by atoms with Crippen LogP contribution in [-0.4, -0.2) is 23.5 Å². The van der Waals surface area contributed by atoms with Gasteiger partial charge in [0.1, 0.15) is 17.5 Å². The van der Waals surface area contributed by atoms with E-state index in [1.807, 2.05) is 29.3 Å². The fourth-order valence-electron chi connectivity index (χ4n) is 4.62. The van der Waals surface area contributed by atoms with Crippen LogP contribution < -0.4 is 5.43 Å². The molecule has 3 aliphatic rings. The molecular formula is C22H25N3O2. The summed E-state index contributed by atoms with van der Waals surface area (Å²) >= 11 is 0. The van der Waals surface area contributed by atoms with Gasteiger partial charge in [-0.2, -0.15) is 0 Å². The first-order valence-electron chi connectivity index (χ1n) is 9.75. The molecule has 2 fully saturated rings. The molecule has 1 N–H and O–H groups in total. The molecule has 2 aromatic carbocycles. The Kier molecular flexibility index (Phi) is 3.69. The smallest absolute Gasteiger partial charge is 0.298 e. The highest BCUT2D eigenvalue weighted by molar-refractivity contribution is 5.87. The van der Waals surface area contributed by atoms with Crippen LogP contribution in [-0.2, 0) is 21.0 Å². The Morgan fingerprint density at radius 2 is 1.89 bits per heavy atom. The maximum atomic E-state index is 6.96. The summed E-state index contributed by atoms with van der Waals surface area (Å²) in [7, 11) is 0. The number of hydrazine groups is 1. The molecule has 5 heteroatoms. The van der Waals surface area contributed by atoms with E-state index in [9.17, 15) is 0 Å². The van der Waals surface area contributed by atoms with E-state index in [1.165, 1.54) is 0 Å². The largest absolute Gasteiger partial charge is 0.321 e. The minimum Gasteiger partial charge on any atom is -0.321 e. The number of hydrogen-bond acceptors (Lipinski definition) is 5. The molecular weight excluding hydrogens is 338 g/mol. The molecule has 0 aliphatic carbocycles. The molecule has 0 aromatic heterocycles. The van der Waals surface area contributed by atoms with Crippen LogP contribution in [0.25, 0.3) is 0 Å². The van der Waals surface area contributed by atoms with Crippen molar-refractivity contribution in [2.24, 2.45) is 10.9 Å². The van der Waals surface area contributed by atoms with Gasteiger partial charge in [-0.05, 0) is 23.6 Å². The van der Waals surface area contributed by atoms with Gasteiger partial charge in [0.2, 0.25) is 0 Å². The zero-order valence-corrected chi connectivity index (χ0v) is 16.0. The first-order valence-corrected chi connectivity index (χ1v) is 9.75. The van der Waals surface area contributed by atoms with E-state index in [2.05, 4.69) is 56.5 Å². The molecule has 1 unspecified atom stereocenters. The normalized spacial score (nSPS) is 31.5. The zero-order chi connectivity index (χ0) is 18.6. The lowest BCUT2D eigenvalue weighted by atomic mass is 9.82. The van der Waals surface area contributed by atoms with Crippen molar-refractivity contribution >= 4 is 11.5 Å². The van der Waals surface area contributed by atoms with E-state index in [4.69, 9.17) is 14.5 Å². The molecule has 3 atom stereocenters. The Labute approximate surface area is 160 Å². The zero-order valence-electron chi connectivity index (χ0n) is 16.0. The Morgan fingerprint density at radius 3 is 2.63 bits per heavy atom. The van der Waals surface area contributed by atoms with E-state index in [-0.39, 0.29) is 6.10 Å². The lowest BCUT2D eigenvalue weighted by Crippen LogP contribution is -2.65. The second-order valence-corrected chi connectivity index (χ2v) is 7.79. The van der Waals surface area contributed by atoms with E-state index < -0.39 is 11.5 Å². The van der Waals surface area contributed by atoms with Gasteiger partial charge in [-0.15, -0.1) is 0 Å². The van der Waals surface area contributed by atoms with Crippen LogP contribution in [0.15, 0.2) is 59.6 Å². The molecule has 0 amide bonds. The quantitative estimate of drug-likeness (QED) is 0.894. The Balaban J connectivity index is 1.72. The van der Waals surface area contributed by atoms with Gasteiger partial charge in [0.15, 0.2) is 0 Å². The predicted molar refractivity (Wildman–Crippen MR) is 104 cm³/mol. The topological polar surface area (TPSA) is 46.1 Å². The van der Waals surface area contributed by atoms with E-state index >= 15 is 0 Å². The van der Waals surface area contributed by atoms with Crippen molar-refractivity contribution in [1.82, 2.24) is 10.4 Å². The lowest BCUT2D eigenvalue weighted by Gasteiger charge is -2.49. The fraction of sp³-hybridized carbons (Fsp3) is 0.409. The van der Waals surface area contributed by atoms with Crippen molar-refractivity contribution in [3.8, 4) is 0 Å². The summed E-state index contributed by atoms with van der Waals surface area (Å²) in [5, 5.41) is 2.00. The lowest BCUT2D eigenvalue weighted by molar-refractivity contribution is -0.308. The molecule has 27 heavy (non-hydrogen) atoms. The molecule has 3 heterocycles. The number of nitrogens with zero attached hydrogens (tertiary/aromatic N) is 2. The number of hydrogen-bond donors (Lipinski definition) is 1. The van der Waals surface area contributed by atoms with Crippen LogP contribution in [0.5, 0.6) is 0 Å². The molecule has 2 bridgehead atoms. The van der Waals surface area contributed by atoms with Crippen LogP contribution in [0.1, 0.15) is 38.3 Å². The summed E-state index contributed by atoms with van der Waals surface area (Å²) in [6.07, 6.45) is 0.710. The van der Waals surface area contributed by atoms with Crippen LogP contribution in [0, 0.1) is 5.92 Å². The van der Waals surface area contributed by atoms with E-state index in [0.29, 0.717) is 12.5 Å². The average Bonchev–Trinajstić information content (AvgIpc) is 2.98. The summed E-state index contributed by atoms with van der Waals surface area (Å²) in [5.74, 6) is 0.231. The minimum atomic E-state index is -0.993. The van der Waals surface area contributed by atoms with Crippen LogP contribution in [0.4, 0.5) is 5.69 Å². The standard InChI is InChI=1S/C22H25N3O2/c1-4-19-24-18-13-9-8-12-17(18)22-25(19)23-14-21(27-22,20(26-22)15(2)3)16-10-6-5-7-11-16/h5-13,15,20,23H,4,14H2,1-3H3/t20?,21-,22-/m1/s1. The third-order valence-corrected chi connectivity index (χ3v) is 5.80. The Hall–Kier alpha value is -2.21. The third kappa shape index (κ3) is 2.19. The first-order chi connectivity index (χ1) is 13.1. The van der Waals surface area contributed by atoms with E-state index in [0.717, 1.165) is 29.1 Å². The molecule has 3 aliphatic heterocycles.